The van der Waals surface area contributed by atoms with E-state index in [4.69, 9.17) is 23.6 Å². The van der Waals surface area contributed by atoms with Crippen molar-refractivity contribution in [2.45, 2.75) is 77.0 Å². The molecule has 1 fully saturated rings. The highest BCUT2D eigenvalue weighted by Gasteiger charge is 2.36. The number of nitrogens with zero attached hydrogens (tertiary/aromatic N) is 2. The Kier molecular flexibility index (Phi) is 8.90. The third-order valence-electron chi connectivity index (χ3n) is 8.41. The second-order valence-electron chi connectivity index (χ2n) is 11.7. The van der Waals surface area contributed by atoms with E-state index in [1.807, 2.05) is 6.07 Å². The van der Waals surface area contributed by atoms with Gasteiger partial charge in [0, 0.05) is 26.1 Å². The molecular formula is C31H43N4O5P. The topological polar surface area (TPSA) is 97.6 Å². The molecule has 1 amide bonds. The highest BCUT2D eigenvalue weighted by atomic mass is 31.1. The van der Waals surface area contributed by atoms with E-state index in [2.05, 4.69) is 62.4 Å². The number of amidine groups is 1. The van der Waals surface area contributed by atoms with Crippen LogP contribution in [-0.2, 0) is 26.2 Å². The Labute approximate surface area is 244 Å². The first-order chi connectivity index (χ1) is 19.6. The fraction of sp³-hybridized carbons (Fsp3) is 0.548. The second kappa shape index (κ2) is 12.3. The van der Waals surface area contributed by atoms with E-state index in [0.29, 0.717) is 24.0 Å². The average molecular weight is 583 g/mol. The van der Waals surface area contributed by atoms with Gasteiger partial charge in [-0.1, -0.05) is 12.1 Å². The van der Waals surface area contributed by atoms with E-state index < -0.39 is 0 Å². The van der Waals surface area contributed by atoms with E-state index >= 15 is 0 Å². The number of fused-ring (bicyclic) bond motifs is 1. The van der Waals surface area contributed by atoms with Gasteiger partial charge in [-0.3, -0.25) is 9.79 Å². The number of methoxy groups -OCH3 is 2. The minimum Gasteiger partial charge on any atom is -0.481 e. The molecule has 2 aromatic rings. The highest BCUT2D eigenvalue weighted by molar-refractivity contribution is 7.59. The molecule has 1 saturated heterocycles. The molecule has 9 nitrogen and oxygen atoms in total. The number of carbonyl (C=O) groups excluding carboxylic acids is 1. The van der Waals surface area contributed by atoms with Crippen molar-refractivity contribution >= 4 is 20.1 Å². The summed E-state index contributed by atoms with van der Waals surface area (Å²) < 4.78 is 23.5. The molecule has 4 unspecified atom stereocenters. The highest BCUT2D eigenvalue weighted by Crippen LogP contribution is 2.44. The van der Waals surface area contributed by atoms with Crippen molar-refractivity contribution in [2.75, 3.05) is 34.4 Å². The monoisotopic (exact) mass is 582 g/mol. The summed E-state index contributed by atoms with van der Waals surface area (Å²) in [4.78, 5) is 20.4. The minimum atomic E-state index is -0.375. The molecule has 5 rings (SSSR count). The maximum Gasteiger partial charge on any atom is 0.291 e. The van der Waals surface area contributed by atoms with Crippen molar-refractivity contribution < 1.29 is 23.4 Å². The standard InChI is InChI=1S/C31H43N4O5P/c1-18-15-24-23(19(2)40-31(24,3)4)17-20(18)16-22-10-11-25(39-22)27(36)33-26-28(37-6)34-30(41-29(26)38-7)32-13-12-21-9-8-14-35(21)5/h10-11,15,17,19,21,29,41H,8-9,12-14,16H2,1-7H3,(H,32,34)(H,33,36). The molecule has 4 heterocycles. The number of benzene rings is 1. The summed E-state index contributed by atoms with van der Waals surface area (Å²) in [5.41, 5.74) is 5.85. The Balaban J connectivity index is 1.26. The maximum atomic E-state index is 13.2. The van der Waals surface area contributed by atoms with Crippen molar-refractivity contribution in [1.82, 2.24) is 15.5 Å². The first-order valence-corrected chi connectivity index (χ1v) is 15.5. The third kappa shape index (κ3) is 6.38. The fourth-order valence-corrected chi connectivity index (χ4v) is 7.20. The summed E-state index contributed by atoms with van der Waals surface area (Å²) in [7, 11) is 5.59. The number of hydrogen-bond acceptors (Lipinski definition) is 7. The van der Waals surface area contributed by atoms with Gasteiger partial charge >= 0.3 is 0 Å². The van der Waals surface area contributed by atoms with Gasteiger partial charge in [-0.25, -0.2) is 0 Å². The fourth-order valence-electron chi connectivity index (χ4n) is 6.10. The zero-order valence-corrected chi connectivity index (χ0v) is 26.2. The zero-order valence-electron chi connectivity index (χ0n) is 25.2. The van der Waals surface area contributed by atoms with Gasteiger partial charge in [0.2, 0.25) is 5.88 Å². The molecule has 0 radical (unpaired) electrons. The summed E-state index contributed by atoms with van der Waals surface area (Å²) in [6.45, 7) is 10.3. The van der Waals surface area contributed by atoms with Gasteiger partial charge in [-0.2, -0.15) is 0 Å². The van der Waals surface area contributed by atoms with Gasteiger partial charge in [0.05, 0.1) is 18.8 Å². The summed E-state index contributed by atoms with van der Waals surface area (Å²) >= 11 is 0. The number of carbonyl (C=O) groups is 1. The van der Waals surface area contributed by atoms with Crippen LogP contribution in [-0.4, -0.2) is 62.6 Å². The lowest BCUT2D eigenvalue weighted by Gasteiger charge is -2.28. The summed E-state index contributed by atoms with van der Waals surface area (Å²) in [5, 5.41) is 6.22. The average Bonchev–Trinajstić information content (AvgIpc) is 3.63. The lowest BCUT2D eigenvalue weighted by molar-refractivity contribution is -0.0435. The summed E-state index contributed by atoms with van der Waals surface area (Å²) in [5.74, 6) is 0.659. The lowest BCUT2D eigenvalue weighted by Crippen LogP contribution is -2.39. The van der Waals surface area contributed by atoms with Crippen molar-refractivity contribution in [1.29, 1.82) is 0 Å². The molecule has 10 heteroatoms. The van der Waals surface area contributed by atoms with Crippen LogP contribution in [0.2, 0.25) is 0 Å². The lowest BCUT2D eigenvalue weighted by atomic mass is 9.89. The van der Waals surface area contributed by atoms with Crippen LogP contribution in [0.4, 0.5) is 0 Å². The molecule has 4 atom stereocenters. The van der Waals surface area contributed by atoms with Crippen molar-refractivity contribution in [3.63, 3.8) is 0 Å². The molecule has 41 heavy (non-hydrogen) atoms. The Morgan fingerprint density at radius 2 is 2.10 bits per heavy atom. The second-order valence-corrected chi connectivity index (χ2v) is 12.9. The van der Waals surface area contributed by atoms with Gasteiger partial charge in [-0.15, -0.1) is 0 Å². The molecule has 3 aliphatic rings. The number of likely N-dealkylation sites (tertiary alicyclic amines) is 1. The van der Waals surface area contributed by atoms with Crippen LogP contribution in [0, 0.1) is 6.92 Å². The van der Waals surface area contributed by atoms with E-state index in [0.717, 1.165) is 36.4 Å². The van der Waals surface area contributed by atoms with Crippen molar-refractivity contribution in [3.8, 4) is 0 Å². The van der Waals surface area contributed by atoms with Crippen LogP contribution in [0.25, 0.3) is 0 Å². The van der Waals surface area contributed by atoms with Crippen LogP contribution in [0.1, 0.15) is 84.7 Å². The van der Waals surface area contributed by atoms with E-state index in [1.165, 1.54) is 29.5 Å². The van der Waals surface area contributed by atoms with Crippen LogP contribution in [0.5, 0.6) is 0 Å². The molecular weight excluding hydrogens is 539 g/mol. The number of aryl methyl sites for hydroxylation is 1. The number of furan rings is 1. The SMILES string of the molecule is COC1=C(NC(=O)c2ccc(Cc3cc4c(cc3C)C(C)(C)OC4C)o2)C(OC)PC(=NCCC2CCCN2C)N1. The first-order valence-electron chi connectivity index (χ1n) is 14.4. The number of aliphatic imine (C=N–C) groups is 1. The van der Waals surface area contributed by atoms with E-state index in [-0.39, 0.29) is 37.8 Å². The smallest absolute Gasteiger partial charge is 0.291 e. The first kappa shape index (κ1) is 29.8. The van der Waals surface area contributed by atoms with Crippen molar-refractivity contribution in [2.24, 2.45) is 4.99 Å². The van der Waals surface area contributed by atoms with E-state index in [1.54, 1.807) is 20.3 Å². The molecule has 2 N–H and O–H groups in total. The molecule has 0 aliphatic carbocycles. The third-order valence-corrected chi connectivity index (χ3v) is 9.76. The molecule has 0 saturated carbocycles. The van der Waals surface area contributed by atoms with Gasteiger partial charge in [0.1, 0.15) is 22.9 Å². The normalized spacial score (nSPS) is 25.5. The molecule has 0 spiro atoms. The largest absolute Gasteiger partial charge is 0.481 e. The molecule has 222 valence electrons. The van der Waals surface area contributed by atoms with Gasteiger partial charge in [0.15, 0.2) is 5.76 Å². The van der Waals surface area contributed by atoms with Crippen LogP contribution < -0.4 is 10.6 Å². The van der Waals surface area contributed by atoms with Crippen molar-refractivity contribution in [3.05, 3.63) is 69.6 Å². The van der Waals surface area contributed by atoms with E-state index in [9.17, 15) is 4.79 Å². The quantitative estimate of drug-likeness (QED) is 0.395. The summed E-state index contributed by atoms with van der Waals surface area (Å²) in [6, 6.07) is 8.59. The van der Waals surface area contributed by atoms with Gasteiger partial charge < -0.3 is 34.2 Å². The number of ether oxygens (including phenoxy) is 3. The van der Waals surface area contributed by atoms with Crippen LogP contribution in [0.15, 0.2) is 45.3 Å². The zero-order chi connectivity index (χ0) is 29.3. The number of hydrogen-bond donors (Lipinski definition) is 2. The van der Waals surface area contributed by atoms with Crippen LogP contribution in [0.3, 0.4) is 0 Å². The predicted molar refractivity (Wildman–Crippen MR) is 162 cm³/mol. The summed E-state index contributed by atoms with van der Waals surface area (Å²) in [6.07, 6.45) is 4.13. The maximum absolute atomic E-state index is 13.2. The minimum absolute atomic E-state index is 0.0404. The molecule has 1 aromatic heterocycles. The molecule has 0 bridgehead atoms. The Hall–Kier alpha value is -2.71. The van der Waals surface area contributed by atoms with Gasteiger partial charge in [-0.05, 0) is 104 Å². The molecule has 3 aliphatic heterocycles. The number of rotatable bonds is 9. The Morgan fingerprint density at radius 3 is 2.80 bits per heavy atom. The Morgan fingerprint density at radius 1 is 1.29 bits per heavy atom. The van der Waals surface area contributed by atoms with Crippen LogP contribution >= 0.6 is 8.58 Å². The number of amides is 1. The van der Waals surface area contributed by atoms with Gasteiger partial charge in [0.25, 0.3) is 5.91 Å². The number of nitrogens with one attached hydrogen (secondary N) is 2. The Bertz CT molecular complexity index is 1350. The molecule has 1 aromatic carbocycles. The predicted octanol–water partition coefficient (Wildman–Crippen LogP) is 5.14.